The van der Waals surface area contributed by atoms with Crippen LogP contribution in [0.15, 0.2) is 23.1 Å². The molecule has 1 fully saturated rings. The Labute approximate surface area is 123 Å². The van der Waals surface area contributed by atoms with Crippen LogP contribution in [-0.2, 0) is 10.0 Å². The molecule has 20 heavy (non-hydrogen) atoms. The molecule has 0 bridgehead atoms. The van der Waals surface area contributed by atoms with Gasteiger partial charge in [0.2, 0.25) is 10.0 Å². The van der Waals surface area contributed by atoms with Crippen LogP contribution in [0.1, 0.15) is 18.4 Å². The largest absolute Gasteiger partial charge is 0.393 e. The highest BCUT2D eigenvalue weighted by atomic mass is 35.5. The van der Waals surface area contributed by atoms with Crippen molar-refractivity contribution in [1.82, 2.24) is 4.31 Å². The fraction of sp³-hybridized carbons (Fsp3) is 0.462. The van der Waals surface area contributed by atoms with E-state index in [-0.39, 0.29) is 27.5 Å². The first-order valence-electron chi connectivity index (χ1n) is 6.18. The van der Waals surface area contributed by atoms with Crippen molar-refractivity contribution in [3.05, 3.63) is 28.8 Å². The maximum Gasteiger partial charge on any atom is 0.244 e. The Morgan fingerprint density at radius 3 is 2.70 bits per heavy atom. The molecule has 1 aliphatic rings. The predicted octanol–water partition coefficient (Wildman–Crippen LogP) is 1.60. The average Bonchev–Trinajstić information content (AvgIpc) is 2.37. The molecule has 1 N–H and O–H groups in total. The van der Waals surface area contributed by atoms with E-state index in [0.29, 0.717) is 19.4 Å². The Bertz CT molecular complexity index is 648. The van der Waals surface area contributed by atoms with Gasteiger partial charge in [-0.25, -0.2) is 12.7 Å². The van der Waals surface area contributed by atoms with E-state index in [9.17, 15) is 13.5 Å². The number of aliphatic hydroxyl groups excluding tert-OH is 1. The van der Waals surface area contributed by atoms with Gasteiger partial charge in [-0.05, 0) is 37.0 Å². The molecule has 1 saturated carbocycles. The Hall–Kier alpha value is -1.13. The minimum Gasteiger partial charge on any atom is -0.393 e. The normalized spacial score (nSPS) is 22.4. The van der Waals surface area contributed by atoms with Crippen molar-refractivity contribution in [2.45, 2.75) is 23.8 Å². The van der Waals surface area contributed by atoms with Crippen LogP contribution in [-0.4, -0.2) is 37.5 Å². The second-order valence-electron chi connectivity index (χ2n) is 5.03. The molecule has 108 valence electrons. The fourth-order valence-corrected chi connectivity index (χ4v) is 3.99. The van der Waals surface area contributed by atoms with Crippen LogP contribution < -0.4 is 0 Å². The van der Waals surface area contributed by atoms with Crippen LogP contribution in [0.2, 0.25) is 5.02 Å². The van der Waals surface area contributed by atoms with E-state index in [2.05, 4.69) is 0 Å². The highest BCUT2D eigenvalue weighted by molar-refractivity contribution is 7.89. The van der Waals surface area contributed by atoms with Crippen LogP contribution >= 0.6 is 11.6 Å². The van der Waals surface area contributed by atoms with Gasteiger partial charge in [0, 0.05) is 13.6 Å². The molecular formula is C13H15ClN2O3S. The van der Waals surface area contributed by atoms with Crippen molar-refractivity contribution in [3.63, 3.8) is 0 Å². The number of rotatable bonds is 4. The summed E-state index contributed by atoms with van der Waals surface area (Å²) < 4.78 is 26.1. The Morgan fingerprint density at radius 1 is 1.50 bits per heavy atom. The summed E-state index contributed by atoms with van der Waals surface area (Å²) in [7, 11) is -2.24. The third kappa shape index (κ3) is 2.96. The maximum atomic E-state index is 12.4. The van der Waals surface area contributed by atoms with E-state index in [4.69, 9.17) is 16.9 Å². The highest BCUT2D eigenvalue weighted by Crippen LogP contribution is 2.30. The van der Waals surface area contributed by atoms with Crippen molar-refractivity contribution >= 4 is 21.6 Å². The SMILES string of the molecule is CN(CC1CC(O)C1)S(=O)(=O)c1cc(C#N)ccc1Cl. The van der Waals surface area contributed by atoms with Crippen molar-refractivity contribution < 1.29 is 13.5 Å². The van der Waals surface area contributed by atoms with Gasteiger partial charge in [0.15, 0.2) is 0 Å². The Balaban J connectivity index is 2.23. The maximum absolute atomic E-state index is 12.4. The second-order valence-corrected chi connectivity index (χ2v) is 7.45. The van der Waals surface area contributed by atoms with Crippen LogP contribution in [0.5, 0.6) is 0 Å². The van der Waals surface area contributed by atoms with Gasteiger partial charge in [-0.3, -0.25) is 0 Å². The summed E-state index contributed by atoms with van der Waals surface area (Å²) in [6, 6.07) is 6.07. The molecule has 0 amide bonds. The van der Waals surface area contributed by atoms with Gasteiger partial charge in [-0.15, -0.1) is 0 Å². The minimum absolute atomic E-state index is 0.0550. The molecule has 5 nitrogen and oxygen atoms in total. The quantitative estimate of drug-likeness (QED) is 0.915. The van der Waals surface area contributed by atoms with Crippen LogP contribution in [0.3, 0.4) is 0 Å². The summed E-state index contributed by atoms with van der Waals surface area (Å²) in [6.07, 6.45) is 0.916. The van der Waals surface area contributed by atoms with Crippen molar-refractivity contribution in [2.24, 2.45) is 5.92 Å². The summed E-state index contributed by atoms with van der Waals surface area (Å²) in [6.45, 7) is 0.340. The number of aliphatic hydroxyl groups is 1. The number of hydrogen-bond acceptors (Lipinski definition) is 4. The van der Waals surface area contributed by atoms with Crippen LogP contribution in [0.4, 0.5) is 0 Å². The molecule has 0 spiro atoms. The monoisotopic (exact) mass is 314 g/mol. The predicted molar refractivity (Wildman–Crippen MR) is 74.7 cm³/mol. The first-order valence-corrected chi connectivity index (χ1v) is 8.00. The molecule has 0 aromatic heterocycles. The number of halogens is 1. The third-order valence-corrected chi connectivity index (χ3v) is 5.78. The zero-order valence-electron chi connectivity index (χ0n) is 11.0. The number of hydrogen-bond donors (Lipinski definition) is 1. The number of sulfonamides is 1. The molecule has 0 atom stereocenters. The van der Waals surface area contributed by atoms with E-state index in [1.54, 1.807) is 0 Å². The van der Waals surface area contributed by atoms with Gasteiger partial charge in [0.25, 0.3) is 0 Å². The molecule has 0 heterocycles. The lowest BCUT2D eigenvalue weighted by atomic mass is 9.82. The van der Waals surface area contributed by atoms with Crippen molar-refractivity contribution in [3.8, 4) is 6.07 Å². The molecule has 0 saturated heterocycles. The molecule has 1 aromatic rings. The van der Waals surface area contributed by atoms with Crippen molar-refractivity contribution in [2.75, 3.05) is 13.6 Å². The lowest BCUT2D eigenvalue weighted by Gasteiger charge is -2.34. The highest BCUT2D eigenvalue weighted by Gasteiger charge is 2.32. The summed E-state index contributed by atoms with van der Waals surface area (Å²) in [4.78, 5) is -0.0550. The Kier molecular flexibility index (Phi) is 4.35. The van der Waals surface area contributed by atoms with E-state index in [1.165, 1.54) is 29.6 Å². The smallest absolute Gasteiger partial charge is 0.244 e. The van der Waals surface area contributed by atoms with E-state index < -0.39 is 10.0 Å². The van der Waals surface area contributed by atoms with E-state index in [1.807, 2.05) is 6.07 Å². The number of benzene rings is 1. The lowest BCUT2D eigenvalue weighted by molar-refractivity contribution is 0.0367. The van der Waals surface area contributed by atoms with Gasteiger partial charge >= 0.3 is 0 Å². The zero-order valence-corrected chi connectivity index (χ0v) is 12.5. The summed E-state index contributed by atoms with van der Waals surface area (Å²) in [5.41, 5.74) is 0.250. The van der Waals surface area contributed by atoms with Crippen molar-refractivity contribution in [1.29, 1.82) is 5.26 Å². The first kappa shape index (κ1) is 15.3. The molecule has 7 heteroatoms. The second kappa shape index (κ2) is 5.70. The molecule has 1 aromatic carbocycles. The number of nitrogens with zero attached hydrogens (tertiary/aromatic N) is 2. The molecule has 1 aliphatic carbocycles. The summed E-state index contributed by atoms with van der Waals surface area (Å²) in [5.74, 6) is 0.169. The van der Waals surface area contributed by atoms with Gasteiger partial charge in [-0.1, -0.05) is 11.6 Å². The van der Waals surface area contributed by atoms with Gasteiger partial charge < -0.3 is 5.11 Å². The molecule has 0 unspecified atom stereocenters. The third-order valence-electron chi connectivity index (χ3n) is 3.47. The van der Waals surface area contributed by atoms with Gasteiger partial charge in [-0.2, -0.15) is 5.26 Å². The summed E-state index contributed by atoms with van der Waals surface area (Å²) in [5, 5.41) is 18.2. The fourth-order valence-electron chi connectivity index (χ4n) is 2.25. The van der Waals surface area contributed by atoms with Crippen LogP contribution in [0, 0.1) is 17.2 Å². The van der Waals surface area contributed by atoms with Crippen LogP contribution in [0.25, 0.3) is 0 Å². The average molecular weight is 315 g/mol. The molecule has 0 aliphatic heterocycles. The molecular weight excluding hydrogens is 300 g/mol. The number of nitriles is 1. The molecule has 2 rings (SSSR count). The summed E-state index contributed by atoms with van der Waals surface area (Å²) >= 11 is 5.93. The molecule has 0 radical (unpaired) electrons. The first-order chi connectivity index (χ1) is 9.34. The van der Waals surface area contributed by atoms with Gasteiger partial charge in [0.05, 0.1) is 22.8 Å². The minimum atomic E-state index is -3.72. The standard InChI is InChI=1S/C13H15ClN2O3S/c1-16(8-10-4-11(17)5-10)20(18,19)13-6-9(7-15)2-3-12(13)14/h2-3,6,10-11,17H,4-5,8H2,1H3. The zero-order chi connectivity index (χ0) is 14.9. The van der Waals surface area contributed by atoms with E-state index in [0.717, 1.165) is 0 Å². The van der Waals surface area contributed by atoms with E-state index >= 15 is 0 Å². The lowest BCUT2D eigenvalue weighted by Crippen LogP contribution is -2.39. The topological polar surface area (TPSA) is 81.4 Å². The Morgan fingerprint density at radius 2 is 2.15 bits per heavy atom. The van der Waals surface area contributed by atoms with Gasteiger partial charge in [0.1, 0.15) is 4.90 Å².